The van der Waals surface area contributed by atoms with E-state index in [0.717, 1.165) is 31.7 Å². The lowest BCUT2D eigenvalue weighted by Gasteiger charge is -2.07. The average molecular weight is 225 g/mol. The molecule has 1 aromatic heterocycles. The minimum atomic E-state index is -0.190. The Hall–Kier alpha value is -1.20. The van der Waals surface area contributed by atoms with E-state index in [1.54, 1.807) is 17.9 Å². The highest BCUT2D eigenvalue weighted by Gasteiger charge is 1.96. The van der Waals surface area contributed by atoms with Crippen LogP contribution >= 0.6 is 0 Å². The fourth-order valence-corrected chi connectivity index (χ4v) is 1.39. The molecule has 0 aliphatic carbocycles. The monoisotopic (exact) mass is 225 g/mol. The smallest absolute Gasteiger partial charge is 0.347 e. The van der Waals surface area contributed by atoms with Gasteiger partial charge in [0.15, 0.2) is 0 Å². The molecule has 0 amide bonds. The molecule has 5 nitrogen and oxygen atoms in total. The van der Waals surface area contributed by atoms with Crippen molar-refractivity contribution in [3.8, 4) is 0 Å². The molecule has 0 saturated heterocycles. The summed E-state index contributed by atoms with van der Waals surface area (Å²) in [5, 5.41) is 3.25. The number of hydrogen-bond acceptors (Lipinski definition) is 4. The molecule has 0 aliphatic heterocycles. The molecule has 1 N–H and O–H groups in total. The second kappa shape index (κ2) is 7.14. The van der Waals surface area contributed by atoms with Gasteiger partial charge in [-0.2, -0.15) is 0 Å². The highest BCUT2D eigenvalue weighted by molar-refractivity contribution is 4.99. The van der Waals surface area contributed by atoms with E-state index in [2.05, 4.69) is 10.3 Å². The molecule has 0 aliphatic rings. The number of nitrogens with zero attached hydrogens (tertiary/aromatic N) is 2. The van der Waals surface area contributed by atoms with Crippen molar-refractivity contribution in [1.29, 1.82) is 0 Å². The van der Waals surface area contributed by atoms with Gasteiger partial charge in [0.2, 0.25) is 0 Å². The van der Waals surface area contributed by atoms with Crippen LogP contribution in [0.15, 0.2) is 17.2 Å². The number of nitrogens with one attached hydrogen (secondary N) is 1. The van der Waals surface area contributed by atoms with E-state index >= 15 is 0 Å². The van der Waals surface area contributed by atoms with Crippen molar-refractivity contribution in [2.24, 2.45) is 0 Å². The van der Waals surface area contributed by atoms with Gasteiger partial charge in [0.1, 0.15) is 0 Å². The Morgan fingerprint density at radius 3 is 3.06 bits per heavy atom. The predicted octanol–water partition coefficient (Wildman–Crippen LogP) is 0.178. The van der Waals surface area contributed by atoms with Gasteiger partial charge < -0.3 is 10.1 Å². The normalized spacial score (nSPS) is 10.6. The van der Waals surface area contributed by atoms with Crippen LogP contribution in [0.2, 0.25) is 0 Å². The van der Waals surface area contributed by atoms with Gasteiger partial charge >= 0.3 is 5.69 Å². The van der Waals surface area contributed by atoms with Gasteiger partial charge in [-0.1, -0.05) is 0 Å². The van der Waals surface area contributed by atoms with Gasteiger partial charge in [0.05, 0.1) is 0 Å². The third kappa shape index (κ3) is 4.55. The van der Waals surface area contributed by atoms with Crippen molar-refractivity contribution in [2.45, 2.75) is 19.9 Å². The molecule has 16 heavy (non-hydrogen) atoms. The molecule has 0 aromatic carbocycles. The Bertz CT molecular complexity index is 362. The topological polar surface area (TPSA) is 56.1 Å². The zero-order valence-corrected chi connectivity index (χ0v) is 9.90. The van der Waals surface area contributed by atoms with Crippen LogP contribution in [-0.4, -0.2) is 36.4 Å². The van der Waals surface area contributed by atoms with Crippen molar-refractivity contribution >= 4 is 0 Å². The molecule has 0 saturated carbocycles. The van der Waals surface area contributed by atoms with Crippen LogP contribution in [-0.2, 0) is 11.3 Å². The van der Waals surface area contributed by atoms with Crippen LogP contribution in [0.5, 0.6) is 0 Å². The maximum atomic E-state index is 11.3. The first-order valence-electron chi connectivity index (χ1n) is 5.47. The highest BCUT2D eigenvalue weighted by Crippen LogP contribution is 1.88. The lowest BCUT2D eigenvalue weighted by atomic mass is 10.4. The van der Waals surface area contributed by atoms with E-state index in [0.29, 0.717) is 6.54 Å². The third-order valence-corrected chi connectivity index (χ3v) is 2.22. The van der Waals surface area contributed by atoms with E-state index in [9.17, 15) is 4.79 Å². The predicted molar refractivity (Wildman–Crippen MR) is 62.6 cm³/mol. The molecule has 0 fully saturated rings. The van der Waals surface area contributed by atoms with Crippen LogP contribution in [0, 0.1) is 6.92 Å². The summed E-state index contributed by atoms with van der Waals surface area (Å²) in [5.41, 5.74) is 0.809. The van der Waals surface area contributed by atoms with Crippen molar-refractivity contribution in [1.82, 2.24) is 14.9 Å². The first kappa shape index (κ1) is 12.9. The van der Waals surface area contributed by atoms with Crippen molar-refractivity contribution in [3.63, 3.8) is 0 Å². The zero-order chi connectivity index (χ0) is 11.8. The SMILES string of the molecule is COCCCNCCn1cc(C)cnc1=O. The van der Waals surface area contributed by atoms with Crippen molar-refractivity contribution < 1.29 is 4.74 Å². The molecule has 0 unspecified atom stereocenters. The van der Waals surface area contributed by atoms with Gasteiger partial charge in [-0.05, 0) is 25.5 Å². The first-order valence-corrected chi connectivity index (χ1v) is 5.47. The molecule has 1 rings (SSSR count). The van der Waals surface area contributed by atoms with E-state index in [-0.39, 0.29) is 5.69 Å². The Kier molecular flexibility index (Phi) is 5.74. The molecular formula is C11H19N3O2. The second-order valence-electron chi connectivity index (χ2n) is 3.70. The fourth-order valence-electron chi connectivity index (χ4n) is 1.39. The zero-order valence-electron chi connectivity index (χ0n) is 9.90. The first-order chi connectivity index (χ1) is 7.74. The van der Waals surface area contributed by atoms with Gasteiger partial charge in [0, 0.05) is 39.2 Å². The summed E-state index contributed by atoms with van der Waals surface area (Å²) >= 11 is 0. The summed E-state index contributed by atoms with van der Waals surface area (Å²) in [6.07, 6.45) is 4.40. The van der Waals surface area contributed by atoms with Crippen LogP contribution in [0.4, 0.5) is 0 Å². The van der Waals surface area contributed by atoms with E-state index in [4.69, 9.17) is 4.74 Å². The molecule has 0 radical (unpaired) electrons. The van der Waals surface area contributed by atoms with E-state index in [1.165, 1.54) is 0 Å². The Balaban J connectivity index is 2.26. The number of aryl methyl sites for hydroxylation is 1. The second-order valence-corrected chi connectivity index (χ2v) is 3.70. The molecular weight excluding hydrogens is 206 g/mol. The van der Waals surface area contributed by atoms with Crippen LogP contribution in [0.25, 0.3) is 0 Å². The molecule has 1 heterocycles. The van der Waals surface area contributed by atoms with Crippen LogP contribution < -0.4 is 11.0 Å². The number of methoxy groups -OCH3 is 1. The fraction of sp³-hybridized carbons (Fsp3) is 0.636. The van der Waals surface area contributed by atoms with E-state index in [1.807, 2.05) is 13.1 Å². The van der Waals surface area contributed by atoms with Crippen molar-refractivity contribution in [3.05, 3.63) is 28.4 Å². The average Bonchev–Trinajstić information content (AvgIpc) is 2.28. The lowest BCUT2D eigenvalue weighted by Crippen LogP contribution is -2.29. The summed E-state index contributed by atoms with van der Waals surface area (Å²) in [7, 11) is 1.69. The molecule has 1 aromatic rings. The van der Waals surface area contributed by atoms with Gasteiger partial charge in [-0.25, -0.2) is 9.78 Å². The number of ether oxygens (including phenoxy) is 1. The lowest BCUT2D eigenvalue weighted by molar-refractivity contribution is 0.194. The van der Waals surface area contributed by atoms with Crippen molar-refractivity contribution in [2.75, 3.05) is 26.8 Å². The van der Waals surface area contributed by atoms with Gasteiger partial charge in [-0.15, -0.1) is 0 Å². The maximum absolute atomic E-state index is 11.3. The summed E-state index contributed by atoms with van der Waals surface area (Å²) in [5.74, 6) is 0. The summed E-state index contributed by atoms with van der Waals surface area (Å²) in [4.78, 5) is 15.1. The Labute approximate surface area is 95.5 Å². The Morgan fingerprint density at radius 1 is 1.50 bits per heavy atom. The molecule has 0 atom stereocenters. The van der Waals surface area contributed by atoms with Gasteiger partial charge in [-0.3, -0.25) is 4.57 Å². The third-order valence-electron chi connectivity index (χ3n) is 2.22. The number of aromatic nitrogens is 2. The highest BCUT2D eigenvalue weighted by atomic mass is 16.5. The minimum Gasteiger partial charge on any atom is -0.385 e. The summed E-state index contributed by atoms with van der Waals surface area (Å²) in [6.45, 7) is 5.02. The molecule has 90 valence electrons. The Morgan fingerprint density at radius 2 is 2.31 bits per heavy atom. The summed E-state index contributed by atoms with van der Waals surface area (Å²) < 4.78 is 6.56. The largest absolute Gasteiger partial charge is 0.385 e. The number of hydrogen-bond donors (Lipinski definition) is 1. The molecule has 0 spiro atoms. The minimum absolute atomic E-state index is 0.190. The standard InChI is InChI=1S/C11H19N3O2/c1-10-8-13-11(15)14(9-10)6-5-12-4-3-7-16-2/h8-9,12H,3-7H2,1-2H3. The quantitative estimate of drug-likeness (QED) is 0.672. The molecule has 0 bridgehead atoms. The molecule has 5 heteroatoms. The number of rotatable bonds is 7. The van der Waals surface area contributed by atoms with Gasteiger partial charge in [0.25, 0.3) is 0 Å². The van der Waals surface area contributed by atoms with Crippen LogP contribution in [0.1, 0.15) is 12.0 Å². The van der Waals surface area contributed by atoms with Crippen LogP contribution in [0.3, 0.4) is 0 Å². The van der Waals surface area contributed by atoms with E-state index < -0.39 is 0 Å². The maximum Gasteiger partial charge on any atom is 0.347 e. The summed E-state index contributed by atoms with van der Waals surface area (Å²) in [6, 6.07) is 0.